The molecule has 1 fully saturated rings. The molecule has 1 aliphatic heterocycles. The second kappa shape index (κ2) is 10.8. The molecule has 0 bridgehead atoms. The van der Waals surface area contributed by atoms with E-state index in [1.165, 1.54) is 46.8 Å². The number of rotatable bonds is 6. The molecule has 0 aliphatic carbocycles. The van der Waals surface area contributed by atoms with Gasteiger partial charge in [-0.05, 0) is 43.0 Å². The standard InChI is InChI=1S/C27H22ClF4N5O3/c1-35(26-16(28)3-2-4-17(26)29)23-13-20(15-10-18(30)25(32)19(31)11-15)33-22-12-21(34-37(22)23)27(40)36-7-5-14(6-8-36)9-24(38)39/h2-4,10-14H,5-9H2,1H3,(H,38,39). The molecule has 40 heavy (non-hydrogen) atoms. The fourth-order valence-corrected chi connectivity index (χ4v) is 5.12. The normalized spacial score (nSPS) is 14.1. The van der Waals surface area contributed by atoms with Crippen molar-refractivity contribution in [2.75, 3.05) is 25.0 Å². The lowest BCUT2D eigenvalue weighted by atomic mass is 9.93. The molecule has 4 aromatic rings. The highest BCUT2D eigenvalue weighted by Gasteiger charge is 2.28. The summed E-state index contributed by atoms with van der Waals surface area (Å²) in [4.78, 5) is 31.6. The average molecular weight is 576 g/mol. The van der Waals surface area contributed by atoms with Gasteiger partial charge in [0, 0.05) is 44.3 Å². The molecule has 2 aromatic heterocycles. The number of hydrogen-bond donors (Lipinski definition) is 1. The Morgan fingerprint density at radius 2 is 1.73 bits per heavy atom. The second-order valence-electron chi connectivity index (χ2n) is 9.52. The molecule has 1 aliphatic rings. The molecule has 5 rings (SSSR count). The van der Waals surface area contributed by atoms with Gasteiger partial charge >= 0.3 is 5.97 Å². The van der Waals surface area contributed by atoms with Gasteiger partial charge in [0.15, 0.2) is 28.8 Å². The number of likely N-dealkylation sites (tertiary alicyclic amines) is 1. The predicted molar refractivity (Wildman–Crippen MR) is 139 cm³/mol. The average Bonchev–Trinajstić information content (AvgIpc) is 3.34. The van der Waals surface area contributed by atoms with Crippen LogP contribution in [0.25, 0.3) is 16.9 Å². The number of amides is 1. The summed E-state index contributed by atoms with van der Waals surface area (Å²) in [6, 6.07) is 8.41. The Balaban J connectivity index is 1.59. The van der Waals surface area contributed by atoms with Crippen molar-refractivity contribution in [1.29, 1.82) is 0 Å². The maximum absolute atomic E-state index is 14.8. The number of aromatic nitrogens is 3. The minimum Gasteiger partial charge on any atom is -0.481 e. The van der Waals surface area contributed by atoms with Crippen molar-refractivity contribution in [3.05, 3.63) is 76.5 Å². The molecule has 0 spiro atoms. The molecule has 1 amide bonds. The maximum atomic E-state index is 14.8. The Labute approximate surface area is 230 Å². The quantitative estimate of drug-likeness (QED) is 0.234. The summed E-state index contributed by atoms with van der Waals surface area (Å²) in [6.07, 6.45) is 1.08. The van der Waals surface area contributed by atoms with Crippen molar-refractivity contribution < 1.29 is 32.3 Å². The van der Waals surface area contributed by atoms with E-state index in [1.807, 2.05) is 0 Å². The lowest BCUT2D eigenvalue weighted by molar-refractivity contribution is -0.138. The van der Waals surface area contributed by atoms with E-state index in [1.54, 1.807) is 4.90 Å². The molecule has 8 nitrogen and oxygen atoms in total. The highest BCUT2D eigenvalue weighted by Crippen LogP contribution is 2.35. The van der Waals surface area contributed by atoms with Gasteiger partial charge in [-0.25, -0.2) is 22.5 Å². The fraction of sp³-hybridized carbons (Fsp3) is 0.259. The molecule has 13 heteroatoms. The Morgan fingerprint density at radius 3 is 2.35 bits per heavy atom. The Morgan fingerprint density at radius 1 is 1.05 bits per heavy atom. The summed E-state index contributed by atoms with van der Waals surface area (Å²) >= 11 is 6.28. The van der Waals surface area contributed by atoms with Gasteiger partial charge in [0.2, 0.25) is 0 Å². The van der Waals surface area contributed by atoms with E-state index in [0.29, 0.717) is 25.9 Å². The SMILES string of the molecule is CN(c1c(F)cccc1Cl)c1cc(-c2cc(F)c(F)c(F)c2)nc2cc(C(=O)N3CCC(CC(=O)O)CC3)nn12. The van der Waals surface area contributed by atoms with E-state index in [4.69, 9.17) is 16.7 Å². The first-order valence-corrected chi connectivity index (χ1v) is 12.7. The van der Waals surface area contributed by atoms with Crippen LogP contribution in [-0.2, 0) is 4.79 Å². The number of piperidine rings is 1. The first kappa shape index (κ1) is 27.4. The molecular weight excluding hydrogens is 554 g/mol. The van der Waals surface area contributed by atoms with Gasteiger partial charge in [-0.2, -0.15) is 9.61 Å². The lowest BCUT2D eigenvalue weighted by Crippen LogP contribution is -2.39. The molecular formula is C27H22ClF4N5O3. The molecule has 1 N–H and O–H groups in total. The highest BCUT2D eigenvalue weighted by molar-refractivity contribution is 6.33. The molecule has 0 saturated carbocycles. The number of carboxylic acids is 1. The van der Waals surface area contributed by atoms with Crippen LogP contribution in [0.2, 0.25) is 5.02 Å². The maximum Gasteiger partial charge on any atom is 0.303 e. The van der Waals surface area contributed by atoms with Crippen molar-refractivity contribution in [2.24, 2.45) is 5.92 Å². The van der Waals surface area contributed by atoms with Crippen molar-refractivity contribution in [1.82, 2.24) is 19.5 Å². The van der Waals surface area contributed by atoms with Crippen LogP contribution in [0, 0.1) is 29.2 Å². The lowest BCUT2D eigenvalue weighted by Gasteiger charge is -2.30. The Hall–Kier alpha value is -4.19. The van der Waals surface area contributed by atoms with Crippen LogP contribution in [0.5, 0.6) is 0 Å². The van der Waals surface area contributed by atoms with E-state index < -0.39 is 35.1 Å². The number of aliphatic carboxylic acids is 1. The summed E-state index contributed by atoms with van der Waals surface area (Å²) in [6.45, 7) is 0.685. The zero-order chi connectivity index (χ0) is 28.7. The zero-order valence-corrected chi connectivity index (χ0v) is 21.8. The van der Waals surface area contributed by atoms with Crippen molar-refractivity contribution in [2.45, 2.75) is 19.3 Å². The van der Waals surface area contributed by atoms with Crippen LogP contribution in [0.15, 0.2) is 42.5 Å². The number of carboxylic acid groups (broad SMARTS) is 1. The molecule has 2 aromatic carbocycles. The third kappa shape index (κ3) is 5.18. The van der Waals surface area contributed by atoms with Crippen LogP contribution >= 0.6 is 11.6 Å². The molecule has 0 unspecified atom stereocenters. The number of fused-ring (bicyclic) bond motifs is 1. The zero-order valence-electron chi connectivity index (χ0n) is 21.0. The van der Waals surface area contributed by atoms with Crippen molar-refractivity contribution >= 4 is 40.6 Å². The fourth-order valence-electron chi connectivity index (χ4n) is 4.83. The summed E-state index contributed by atoms with van der Waals surface area (Å²) < 4.78 is 57.9. The van der Waals surface area contributed by atoms with Crippen LogP contribution in [-0.4, -0.2) is 56.6 Å². The van der Waals surface area contributed by atoms with Crippen LogP contribution in [0.1, 0.15) is 29.8 Å². The summed E-state index contributed by atoms with van der Waals surface area (Å²) in [5, 5.41) is 13.5. The van der Waals surface area contributed by atoms with Gasteiger partial charge in [0.25, 0.3) is 5.91 Å². The van der Waals surface area contributed by atoms with E-state index in [0.717, 1.165) is 12.1 Å². The monoisotopic (exact) mass is 575 g/mol. The molecule has 1 saturated heterocycles. The number of benzene rings is 2. The van der Waals surface area contributed by atoms with Gasteiger partial charge in [-0.1, -0.05) is 17.7 Å². The molecule has 208 valence electrons. The second-order valence-corrected chi connectivity index (χ2v) is 9.92. The number of hydrogen-bond acceptors (Lipinski definition) is 5. The van der Waals surface area contributed by atoms with Gasteiger partial charge in [0.05, 0.1) is 16.4 Å². The smallest absolute Gasteiger partial charge is 0.303 e. The molecule has 0 atom stereocenters. The van der Waals surface area contributed by atoms with E-state index >= 15 is 0 Å². The summed E-state index contributed by atoms with van der Waals surface area (Å²) in [7, 11) is 1.49. The summed E-state index contributed by atoms with van der Waals surface area (Å²) in [5.41, 5.74) is -0.00753. The number of halogens is 5. The van der Waals surface area contributed by atoms with E-state index in [2.05, 4.69) is 10.1 Å². The number of carbonyl (C=O) groups excluding carboxylic acids is 1. The van der Waals surface area contributed by atoms with Gasteiger partial charge in [-0.15, -0.1) is 0 Å². The van der Waals surface area contributed by atoms with Gasteiger partial charge in [-0.3, -0.25) is 9.59 Å². The highest BCUT2D eigenvalue weighted by atomic mass is 35.5. The van der Waals surface area contributed by atoms with Crippen molar-refractivity contribution in [3.63, 3.8) is 0 Å². The number of anilines is 2. The van der Waals surface area contributed by atoms with Crippen LogP contribution in [0.4, 0.5) is 29.1 Å². The Bertz CT molecular complexity index is 1590. The summed E-state index contributed by atoms with van der Waals surface area (Å²) in [5.74, 6) is -6.32. The van der Waals surface area contributed by atoms with E-state index in [9.17, 15) is 27.2 Å². The predicted octanol–water partition coefficient (Wildman–Crippen LogP) is 5.70. The third-order valence-electron chi connectivity index (χ3n) is 6.89. The minimum atomic E-state index is -1.63. The molecule has 0 radical (unpaired) electrons. The first-order valence-electron chi connectivity index (χ1n) is 12.3. The van der Waals surface area contributed by atoms with Crippen molar-refractivity contribution in [3.8, 4) is 11.3 Å². The van der Waals surface area contributed by atoms with Gasteiger partial charge in [0.1, 0.15) is 11.6 Å². The number of nitrogens with zero attached hydrogens (tertiary/aromatic N) is 5. The third-order valence-corrected chi connectivity index (χ3v) is 7.19. The van der Waals surface area contributed by atoms with E-state index in [-0.39, 0.29) is 51.5 Å². The minimum absolute atomic E-state index is 0.00656. The van der Waals surface area contributed by atoms with Crippen LogP contribution < -0.4 is 4.90 Å². The largest absolute Gasteiger partial charge is 0.481 e. The Kier molecular flexibility index (Phi) is 7.37. The number of para-hydroxylation sites is 1. The number of carbonyl (C=O) groups is 2. The first-order chi connectivity index (χ1) is 19.0. The topological polar surface area (TPSA) is 91.0 Å². The molecule has 3 heterocycles. The van der Waals surface area contributed by atoms with Crippen LogP contribution in [0.3, 0.4) is 0 Å². The van der Waals surface area contributed by atoms with Gasteiger partial charge < -0.3 is 14.9 Å².